The van der Waals surface area contributed by atoms with Gasteiger partial charge < -0.3 is 18.7 Å². The number of alkyl halides is 3. The molecule has 10 heteroatoms. The molecule has 0 radical (unpaired) electrons. The van der Waals surface area contributed by atoms with E-state index in [0.29, 0.717) is 23.3 Å². The van der Waals surface area contributed by atoms with Crippen molar-refractivity contribution < 1.29 is 41.5 Å². The van der Waals surface area contributed by atoms with Crippen molar-refractivity contribution in [1.82, 2.24) is 5.16 Å². The molecule has 0 spiro atoms. The minimum Gasteiger partial charge on any atom is -0.493 e. The number of carbonyl (C=O) groups is 2. The molecule has 0 aliphatic rings. The number of carbonyl (C=O) groups excluding carboxylic acids is 2. The number of Topliss-reactive ketones (excluding diaryl/α,β-unsaturated/α-hetero) is 1. The van der Waals surface area contributed by atoms with Crippen LogP contribution in [0.5, 0.6) is 11.5 Å². The standard InChI is InChI=1S/C23H20F3NO6/c1-13-18(14(2)33-27-13)11-31-20-8-7-16(10-21(20)30-3)22(29)32-12-19(28)15-5-4-6-17(9-15)23(24,25)26/h4-10H,11-12H2,1-3H3. The number of rotatable bonds is 8. The van der Waals surface area contributed by atoms with Crippen molar-refractivity contribution in [3.05, 3.63) is 76.2 Å². The van der Waals surface area contributed by atoms with Crippen molar-refractivity contribution in [3.63, 3.8) is 0 Å². The second kappa shape index (κ2) is 9.76. The lowest BCUT2D eigenvalue weighted by Gasteiger charge is -2.12. The van der Waals surface area contributed by atoms with Gasteiger partial charge in [-0.1, -0.05) is 17.3 Å². The highest BCUT2D eigenvalue weighted by Crippen LogP contribution is 2.31. The first kappa shape index (κ1) is 23.8. The molecule has 0 atom stereocenters. The number of ether oxygens (including phenoxy) is 3. The van der Waals surface area contributed by atoms with Gasteiger partial charge in [0.2, 0.25) is 0 Å². The van der Waals surface area contributed by atoms with Gasteiger partial charge in [0.05, 0.1) is 29.5 Å². The van der Waals surface area contributed by atoms with Gasteiger partial charge >= 0.3 is 12.1 Å². The van der Waals surface area contributed by atoms with Crippen molar-refractivity contribution in [3.8, 4) is 11.5 Å². The second-order valence-electron chi connectivity index (χ2n) is 7.03. The van der Waals surface area contributed by atoms with Gasteiger partial charge in [-0.2, -0.15) is 13.2 Å². The molecule has 3 aromatic rings. The lowest BCUT2D eigenvalue weighted by molar-refractivity contribution is -0.137. The molecule has 1 heterocycles. The predicted octanol–water partition coefficient (Wildman–Crippen LogP) is 4.94. The molecule has 3 rings (SSSR count). The first-order chi connectivity index (χ1) is 15.6. The minimum absolute atomic E-state index is 0.0772. The molecule has 2 aromatic carbocycles. The minimum atomic E-state index is -4.58. The third-order valence-electron chi connectivity index (χ3n) is 4.80. The monoisotopic (exact) mass is 463 g/mol. The zero-order chi connectivity index (χ0) is 24.2. The summed E-state index contributed by atoms with van der Waals surface area (Å²) >= 11 is 0. The maximum absolute atomic E-state index is 12.8. The maximum Gasteiger partial charge on any atom is 0.416 e. The predicted molar refractivity (Wildman–Crippen MR) is 109 cm³/mol. The van der Waals surface area contributed by atoms with Crippen LogP contribution in [0.25, 0.3) is 0 Å². The van der Waals surface area contributed by atoms with E-state index >= 15 is 0 Å². The number of esters is 1. The average Bonchev–Trinajstić information content (AvgIpc) is 3.12. The summed E-state index contributed by atoms with van der Waals surface area (Å²) in [5, 5.41) is 3.85. The van der Waals surface area contributed by atoms with Gasteiger partial charge in [-0.05, 0) is 44.2 Å². The van der Waals surface area contributed by atoms with Crippen molar-refractivity contribution in [2.75, 3.05) is 13.7 Å². The fourth-order valence-corrected chi connectivity index (χ4v) is 2.94. The lowest BCUT2D eigenvalue weighted by Crippen LogP contribution is -2.15. The van der Waals surface area contributed by atoms with E-state index in [-0.39, 0.29) is 23.5 Å². The van der Waals surface area contributed by atoms with Crippen LogP contribution in [0.3, 0.4) is 0 Å². The summed E-state index contributed by atoms with van der Waals surface area (Å²) in [5.41, 5.74) is 0.383. The number of nitrogens with zero attached hydrogens (tertiary/aromatic N) is 1. The fraction of sp³-hybridized carbons (Fsp3) is 0.261. The van der Waals surface area contributed by atoms with Crippen molar-refractivity contribution in [2.24, 2.45) is 0 Å². The Morgan fingerprint density at radius 2 is 1.79 bits per heavy atom. The normalized spacial score (nSPS) is 11.2. The van der Waals surface area contributed by atoms with Crippen LogP contribution in [0.15, 0.2) is 47.0 Å². The Bertz CT molecular complexity index is 1150. The summed E-state index contributed by atoms with van der Waals surface area (Å²) in [6, 6.07) is 8.20. The number of methoxy groups -OCH3 is 1. The van der Waals surface area contributed by atoms with Crippen LogP contribution < -0.4 is 9.47 Å². The van der Waals surface area contributed by atoms with Crippen LogP contribution in [0.1, 0.15) is 43.3 Å². The number of ketones is 1. The Hall–Kier alpha value is -3.82. The van der Waals surface area contributed by atoms with Crippen LogP contribution >= 0.6 is 0 Å². The molecular formula is C23H20F3NO6. The Morgan fingerprint density at radius 1 is 1.03 bits per heavy atom. The summed E-state index contributed by atoms with van der Waals surface area (Å²) < 4.78 is 59.5. The SMILES string of the molecule is COc1cc(C(=O)OCC(=O)c2cccc(C(F)(F)F)c2)ccc1OCc1c(C)noc1C. The topological polar surface area (TPSA) is 87.9 Å². The largest absolute Gasteiger partial charge is 0.493 e. The molecule has 0 aliphatic carbocycles. The highest BCUT2D eigenvalue weighted by molar-refractivity contribution is 5.99. The molecule has 0 unspecified atom stereocenters. The fourth-order valence-electron chi connectivity index (χ4n) is 2.94. The van der Waals surface area contributed by atoms with Crippen molar-refractivity contribution >= 4 is 11.8 Å². The molecule has 0 fully saturated rings. The zero-order valence-electron chi connectivity index (χ0n) is 18.0. The lowest BCUT2D eigenvalue weighted by atomic mass is 10.1. The van der Waals surface area contributed by atoms with E-state index in [1.54, 1.807) is 13.8 Å². The van der Waals surface area contributed by atoms with Crippen LogP contribution in [0.4, 0.5) is 13.2 Å². The van der Waals surface area contributed by atoms with Crippen LogP contribution in [0, 0.1) is 13.8 Å². The molecule has 33 heavy (non-hydrogen) atoms. The number of aryl methyl sites for hydroxylation is 2. The summed E-state index contributed by atoms with van der Waals surface area (Å²) in [7, 11) is 1.39. The van der Waals surface area contributed by atoms with Gasteiger partial charge in [-0.15, -0.1) is 0 Å². The van der Waals surface area contributed by atoms with Gasteiger partial charge in [0, 0.05) is 5.56 Å². The number of halogens is 3. The molecular weight excluding hydrogens is 443 g/mol. The molecule has 0 bridgehead atoms. The summed E-state index contributed by atoms with van der Waals surface area (Å²) in [6.07, 6.45) is -4.58. The van der Waals surface area contributed by atoms with E-state index in [4.69, 9.17) is 18.7 Å². The van der Waals surface area contributed by atoms with Crippen LogP contribution in [-0.2, 0) is 17.5 Å². The Balaban J connectivity index is 1.65. The number of aromatic nitrogens is 1. The quantitative estimate of drug-likeness (QED) is 0.345. The Morgan fingerprint density at radius 3 is 2.42 bits per heavy atom. The second-order valence-corrected chi connectivity index (χ2v) is 7.03. The molecule has 174 valence electrons. The average molecular weight is 463 g/mol. The zero-order valence-corrected chi connectivity index (χ0v) is 18.0. The summed E-state index contributed by atoms with van der Waals surface area (Å²) in [4.78, 5) is 24.5. The van der Waals surface area contributed by atoms with E-state index in [1.807, 2.05) is 0 Å². The molecule has 0 aliphatic heterocycles. The molecule has 0 saturated carbocycles. The van der Waals surface area contributed by atoms with Gasteiger partial charge in [-0.3, -0.25) is 4.79 Å². The van der Waals surface area contributed by atoms with Gasteiger partial charge in [0.1, 0.15) is 12.4 Å². The first-order valence-corrected chi connectivity index (χ1v) is 9.70. The first-order valence-electron chi connectivity index (χ1n) is 9.70. The van der Waals surface area contributed by atoms with Crippen LogP contribution in [-0.4, -0.2) is 30.6 Å². The third kappa shape index (κ3) is 5.71. The third-order valence-corrected chi connectivity index (χ3v) is 4.80. The van der Waals surface area contributed by atoms with Gasteiger partial charge in [0.15, 0.2) is 23.9 Å². The number of hydrogen-bond donors (Lipinski definition) is 0. The molecule has 0 saturated heterocycles. The number of hydrogen-bond acceptors (Lipinski definition) is 7. The van der Waals surface area contributed by atoms with Gasteiger partial charge in [0.25, 0.3) is 0 Å². The highest BCUT2D eigenvalue weighted by Gasteiger charge is 2.31. The molecule has 7 nitrogen and oxygen atoms in total. The molecule has 0 amide bonds. The van der Waals surface area contributed by atoms with E-state index < -0.39 is 30.1 Å². The van der Waals surface area contributed by atoms with Gasteiger partial charge in [-0.25, -0.2) is 4.79 Å². The number of benzene rings is 2. The molecule has 1 aromatic heterocycles. The smallest absolute Gasteiger partial charge is 0.416 e. The van der Waals surface area contributed by atoms with Crippen molar-refractivity contribution in [2.45, 2.75) is 26.6 Å². The maximum atomic E-state index is 12.8. The van der Waals surface area contributed by atoms with E-state index in [1.165, 1.54) is 31.4 Å². The summed E-state index contributed by atoms with van der Waals surface area (Å²) in [6.45, 7) is 3.00. The Labute approximate surface area is 187 Å². The van der Waals surface area contributed by atoms with Crippen LogP contribution in [0.2, 0.25) is 0 Å². The summed E-state index contributed by atoms with van der Waals surface area (Å²) in [5.74, 6) is -0.377. The van der Waals surface area contributed by atoms with E-state index in [0.717, 1.165) is 17.7 Å². The highest BCUT2D eigenvalue weighted by atomic mass is 19.4. The van der Waals surface area contributed by atoms with E-state index in [9.17, 15) is 22.8 Å². The Kier molecular flexibility index (Phi) is 7.05. The molecule has 0 N–H and O–H groups in total. The van der Waals surface area contributed by atoms with Crippen molar-refractivity contribution in [1.29, 1.82) is 0 Å². The van der Waals surface area contributed by atoms with E-state index in [2.05, 4.69) is 5.16 Å².